The van der Waals surface area contributed by atoms with Crippen LogP contribution < -0.4 is 4.74 Å². The monoisotopic (exact) mass is 791 g/mol. The van der Waals surface area contributed by atoms with E-state index in [9.17, 15) is 34.1 Å². The largest absolute Gasteiger partial charge is 0.423 e. The molecule has 0 spiro atoms. The van der Waals surface area contributed by atoms with Crippen molar-refractivity contribution in [1.82, 2.24) is 10.0 Å². The van der Waals surface area contributed by atoms with E-state index in [1.54, 1.807) is 0 Å². The number of ketones is 1. The Morgan fingerprint density at radius 2 is 1.46 bits per heavy atom. The van der Waals surface area contributed by atoms with Crippen molar-refractivity contribution in [2.45, 2.75) is 16.1 Å². The molecule has 1 aliphatic heterocycles. The first-order chi connectivity index (χ1) is 21.9. The molecule has 3 aromatic carbocycles. The van der Waals surface area contributed by atoms with Gasteiger partial charge in [0, 0.05) is 32.4 Å². The van der Waals surface area contributed by atoms with Gasteiger partial charge in [-0.2, -0.15) is 5.01 Å². The summed E-state index contributed by atoms with van der Waals surface area (Å²) in [6, 6.07) is 14.5. The number of amides is 3. The van der Waals surface area contributed by atoms with E-state index in [-0.39, 0.29) is 59.7 Å². The highest BCUT2D eigenvalue weighted by Crippen LogP contribution is 2.60. The second-order valence-electron chi connectivity index (χ2n) is 11.1. The van der Waals surface area contributed by atoms with E-state index in [1.807, 2.05) is 0 Å². The number of Topliss-reactive ketones (excluding diaryl/α,β-unsaturated/α-hetero) is 1. The van der Waals surface area contributed by atoms with Crippen molar-refractivity contribution in [1.29, 1.82) is 0 Å². The third-order valence-electron chi connectivity index (χ3n) is 8.60. The van der Waals surface area contributed by atoms with Crippen LogP contribution in [0.3, 0.4) is 0 Å². The number of non-ortho nitro benzene ring substituents is 1. The summed E-state index contributed by atoms with van der Waals surface area (Å²) in [6.45, 7) is -0.665. The molecule has 15 heteroatoms. The van der Waals surface area contributed by atoms with Crippen molar-refractivity contribution in [3.8, 4) is 5.75 Å². The quantitative estimate of drug-likeness (QED) is 0.0504. The van der Waals surface area contributed by atoms with Crippen LogP contribution in [0.15, 0.2) is 66.7 Å². The highest BCUT2D eigenvalue weighted by molar-refractivity contribution is 9.12. The maximum absolute atomic E-state index is 13.9. The standard InChI is InChI=1S/C31H21Br2Cl2N3O8/c32-26-20-12-21(27(26)33)25-24(20)29(41)37(30(25)42)36(28(40)19-10-5-16(34)11-22(19)35)13-23(39)14-3-8-18(9-4-14)46-31(43)15-1-6-17(7-2-15)38(44)45/h1-11,20-21,24-27H,12-13H2/t20-,21-,24-,25-,26+,27+/m1/s1. The maximum atomic E-state index is 13.9. The van der Waals surface area contributed by atoms with Crippen LogP contribution in [0.5, 0.6) is 5.75 Å². The van der Waals surface area contributed by atoms with E-state index >= 15 is 0 Å². The summed E-state index contributed by atoms with van der Waals surface area (Å²) in [4.78, 5) is 77.8. The smallest absolute Gasteiger partial charge is 0.343 e. The zero-order valence-electron chi connectivity index (χ0n) is 23.3. The molecule has 6 atom stereocenters. The zero-order valence-corrected chi connectivity index (χ0v) is 28.0. The summed E-state index contributed by atoms with van der Waals surface area (Å²) in [6.07, 6.45) is 0.684. The highest BCUT2D eigenvalue weighted by atomic mass is 79.9. The molecular weight excluding hydrogens is 773 g/mol. The molecule has 0 N–H and O–H groups in total. The summed E-state index contributed by atoms with van der Waals surface area (Å²) in [5.41, 5.74) is -0.0468. The number of esters is 1. The van der Waals surface area contributed by atoms with E-state index < -0.39 is 52.8 Å². The number of nitro benzene ring substituents is 1. The number of fused-ring (bicyclic) bond motifs is 5. The van der Waals surface area contributed by atoms with Gasteiger partial charge in [0.1, 0.15) is 12.3 Å². The fourth-order valence-electron chi connectivity index (χ4n) is 6.43. The first-order valence-corrected chi connectivity index (χ1v) is 16.5. The number of rotatable bonds is 8. The number of nitro groups is 1. The number of ether oxygens (including phenoxy) is 1. The molecule has 1 heterocycles. The van der Waals surface area contributed by atoms with Crippen LogP contribution in [0.25, 0.3) is 0 Å². The summed E-state index contributed by atoms with van der Waals surface area (Å²) in [5, 5.41) is 12.7. The van der Waals surface area contributed by atoms with Gasteiger partial charge < -0.3 is 4.74 Å². The predicted octanol–water partition coefficient (Wildman–Crippen LogP) is 6.14. The molecule has 1 saturated heterocycles. The van der Waals surface area contributed by atoms with Gasteiger partial charge in [0.25, 0.3) is 23.4 Å². The number of hydrazine groups is 1. The molecule has 236 valence electrons. The zero-order chi connectivity index (χ0) is 33.0. The fraction of sp³-hybridized carbons (Fsp3) is 0.258. The molecule has 11 nitrogen and oxygen atoms in total. The van der Waals surface area contributed by atoms with Crippen molar-refractivity contribution >= 4 is 90.2 Å². The maximum Gasteiger partial charge on any atom is 0.343 e. The van der Waals surface area contributed by atoms with Crippen molar-refractivity contribution in [3.63, 3.8) is 0 Å². The van der Waals surface area contributed by atoms with Gasteiger partial charge >= 0.3 is 5.97 Å². The van der Waals surface area contributed by atoms with Gasteiger partial charge in [0.2, 0.25) is 0 Å². The molecular formula is C31H21Br2Cl2N3O8. The van der Waals surface area contributed by atoms with E-state index in [0.717, 1.165) is 10.0 Å². The van der Waals surface area contributed by atoms with E-state index in [4.69, 9.17) is 27.9 Å². The van der Waals surface area contributed by atoms with Crippen molar-refractivity contribution in [2.24, 2.45) is 23.7 Å². The summed E-state index contributed by atoms with van der Waals surface area (Å²) < 4.78 is 5.32. The number of carbonyl (C=O) groups excluding carboxylic acids is 5. The minimum Gasteiger partial charge on any atom is -0.423 e. The Balaban J connectivity index is 1.24. The average molecular weight is 794 g/mol. The molecule has 0 radical (unpaired) electrons. The number of alkyl halides is 2. The second kappa shape index (κ2) is 12.5. The summed E-state index contributed by atoms with van der Waals surface area (Å²) >= 11 is 19.6. The number of imide groups is 1. The van der Waals surface area contributed by atoms with Crippen LogP contribution in [-0.4, -0.2) is 60.6 Å². The lowest BCUT2D eigenvalue weighted by Gasteiger charge is -2.31. The molecule has 3 aliphatic rings. The SMILES string of the molecule is O=C(CN(C(=O)c1ccc(Cl)cc1Cl)N1C(=O)[C@@H]2[C@H]3C[C@@H]([C@H](Br)[C@H]3Br)[C@H]2C1=O)c1ccc(OC(=O)c2ccc([N+](=O)[O-])cc2)cc1. The van der Waals surface area contributed by atoms with E-state index in [1.165, 1.54) is 66.7 Å². The van der Waals surface area contributed by atoms with Crippen molar-refractivity contribution in [2.75, 3.05) is 6.54 Å². The lowest BCUT2D eigenvalue weighted by Crippen LogP contribution is -2.52. The molecule has 2 saturated carbocycles. The Morgan fingerprint density at radius 3 is 2.00 bits per heavy atom. The molecule has 3 amide bonds. The first kappa shape index (κ1) is 32.3. The van der Waals surface area contributed by atoms with Crippen LogP contribution in [0.2, 0.25) is 10.0 Å². The molecule has 0 aromatic heterocycles. The number of carbonyl (C=O) groups is 5. The fourth-order valence-corrected chi connectivity index (χ4v) is 8.79. The van der Waals surface area contributed by atoms with Gasteiger partial charge in [-0.25, -0.2) is 9.80 Å². The number of hydrogen-bond acceptors (Lipinski definition) is 8. The van der Waals surface area contributed by atoms with Crippen molar-refractivity contribution in [3.05, 3.63) is 104 Å². The average Bonchev–Trinajstić information content (AvgIpc) is 3.64. The summed E-state index contributed by atoms with van der Waals surface area (Å²) in [5.74, 6) is -4.72. The van der Waals surface area contributed by atoms with Gasteiger partial charge in [-0.15, -0.1) is 0 Å². The molecule has 6 rings (SSSR count). The normalized spacial score (nSPS) is 24.6. The minimum atomic E-state index is -0.830. The highest BCUT2D eigenvalue weighted by Gasteiger charge is 2.67. The Kier molecular flexibility index (Phi) is 8.79. The number of halogens is 4. The van der Waals surface area contributed by atoms with Gasteiger partial charge in [-0.05, 0) is 72.9 Å². The topological polar surface area (TPSA) is 144 Å². The molecule has 0 unspecified atom stereocenters. The molecule has 3 fully saturated rings. The minimum absolute atomic E-state index is 0.0189. The van der Waals surface area contributed by atoms with Crippen LogP contribution in [0, 0.1) is 33.8 Å². The molecule has 2 bridgehead atoms. The molecule has 46 heavy (non-hydrogen) atoms. The number of benzene rings is 3. The van der Waals surface area contributed by atoms with Crippen LogP contribution >= 0.6 is 55.1 Å². The third-order valence-corrected chi connectivity index (χ3v) is 12.3. The predicted molar refractivity (Wildman–Crippen MR) is 172 cm³/mol. The molecule has 2 aliphatic carbocycles. The van der Waals surface area contributed by atoms with Crippen LogP contribution in [0.1, 0.15) is 37.5 Å². The van der Waals surface area contributed by atoms with E-state index in [0.29, 0.717) is 6.42 Å². The lowest BCUT2D eigenvalue weighted by molar-refractivity contribution is -0.384. The lowest BCUT2D eigenvalue weighted by atomic mass is 9.81. The Morgan fingerprint density at radius 1 is 0.891 bits per heavy atom. The second-order valence-corrected chi connectivity index (χ2v) is 14.1. The van der Waals surface area contributed by atoms with E-state index in [2.05, 4.69) is 31.9 Å². The van der Waals surface area contributed by atoms with Gasteiger partial charge in [-0.3, -0.25) is 29.3 Å². The van der Waals surface area contributed by atoms with Gasteiger partial charge in [-0.1, -0.05) is 55.1 Å². The third kappa shape index (κ3) is 5.63. The number of hydrogen-bond donors (Lipinski definition) is 0. The Bertz CT molecular complexity index is 1770. The van der Waals surface area contributed by atoms with Gasteiger partial charge in [0.15, 0.2) is 5.78 Å². The van der Waals surface area contributed by atoms with Crippen LogP contribution in [-0.2, 0) is 9.59 Å². The Hall–Kier alpha value is -3.65. The Labute approximate surface area is 288 Å². The number of nitrogens with zero attached hydrogens (tertiary/aromatic N) is 3. The van der Waals surface area contributed by atoms with Gasteiger partial charge in [0.05, 0.1) is 32.9 Å². The first-order valence-electron chi connectivity index (χ1n) is 13.9. The summed E-state index contributed by atoms with van der Waals surface area (Å²) in [7, 11) is 0. The molecule has 3 aromatic rings. The van der Waals surface area contributed by atoms with Crippen molar-refractivity contribution < 1.29 is 33.6 Å². The van der Waals surface area contributed by atoms with Crippen LogP contribution in [0.4, 0.5) is 5.69 Å².